The highest BCUT2D eigenvalue weighted by atomic mass is 32.1. The zero-order valence-corrected chi connectivity index (χ0v) is 9.98. The van der Waals surface area contributed by atoms with Crippen molar-refractivity contribution in [3.05, 3.63) is 16.1 Å². The molecule has 1 fully saturated rings. The SMILES string of the molecule is CC(=O)Cc1cnc(C2CCCCC2)s1. The number of carbonyl (C=O) groups excluding carboxylic acids is 1. The van der Waals surface area contributed by atoms with E-state index in [2.05, 4.69) is 4.98 Å². The molecule has 0 spiro atoms. The van der Waals surface area contributed by atoms with E-state index in [4.69, 9.17) is 0 Å². The maximum atomic E-state index is 11.0. The summed E-state index contributed by atoms with van der Waals surface area (Å²) in [5.74, 6) is 0.901. The summed E-state index contributed by atoms with van der Waals surface area (Å²) in [6, 6.07) is 0. The molecule has 0 radical (unpaired) electrons. The first-order valence-electron chi connectivity index (χ1n) is 5.70. The molecular weight excluding hydrogens is 206 g/mol. The van der Waals surface area contributed by atoms with Gasteiger partial charge in [0.05, 0.1) is 5.01 Å². The van der Waals surface area contributed by atoms with Gasteiger partial charge in [-0.2, -0.15) is 0 Å². The summed E-state index contributed by atoms with van der Waals surface area (Å²) >= 11 is 1.74. The lowest BCUT2D eigenvalue weighted by Crippen LogP contribution is -2.03. The third kappa shape index (κ3) is 2.88. The number of hydrogen-bond donors (Lipinski definition) is 0. The largest absolute Gasteiger partial charge is 0.300 e. The van der Waals surface area contributed by atoms with Crippen LogP contribution >= 0.6 is 11.3 Å². The second-order valence-electron chi connectivity index (χ2n) is 4.38. The number of aromatic nitrogens is 1. The average molecular weight is 223 g/mol. The fraction of sp³-hybridized carbons (Fsp3) is 0.667. The highest BCUT2D eigenvalue weighted by Crippen LogP contribution is 2.34. The van der Waals surface area contributed by atoms with Crippen molar-refractivity contribution >= 4 is 17.1 Å². The minimum Gasteiger partial charge on any atom is -0.300 e. The van der Waals surface area contributed by atoms with Crippen molar-refractivity contribution in [1.82, 2.24) is 4.98 Å². The van der Waals surface area contributed by atoms with Crippen molar-refractivity contribution in [3.63, 3.8) is 0 Å². The molecule has 1 aliphatic carbocycles. The Morgan fingerprint density at radius 3 is 2.87 bits per heavy atom. The lowest BCUT2D eigenvalue weighted by Gasteiger charge is -2.18. The zero-order chi connectivity index (χ0) is 10.7. The van der Waals surface area contributed by atoms with Crippen LogP contribution in [0, 0.1) is 0 Å². The van der Waals surface area contributed by atoms with E-state index in [-0.39, 0.29) is 5.78 Å². The number of ketones is 1. The standard InChI is InChI=1S/C12H17NOS/c1-9(14)7-11-8-13-12(15-11)10-5-3-2-4-6-10/h8,10H,2-7H2,1H3. The molecule has 1 aliphatic rings. The first-order chi connectivity index (χ1) is 7.25. The minimum atomic E-state index is 0.230. The molecule has 82 valence electrons. The molecule has 15 heavy (non-hydrogen) atoms. The van der Waals surface area contributed by atoms with Crippen LogP contribution in [0.25, 0.3) is 0 Å². The predicted molar refractivity (Wildman–Crippen MR) is 62.3 cm³/mol. The molecule has 0 unspecified atom stereocenters. The van der Waals surface area contributed by atoms with E-state index in [1.165, 1.54) is 37.1 Å². The van der Waals surface area contributed by atoms with E-state index in [0.717, 1.165) is 4.88 Å². The first kappa shape index (κ1) is 10.8. The quantitative estimate of drug-likeness (QED) is 0.786. The van der Waals surface area contributed by atoms with Gasteiger partial charge in [-0.3, -0.25) is 4.79 Å². The van der Waals surface area contributed by atoms with E-state index in [9.17, 15) is 4.79 Å². The fourth-order valence-electron chi connectivity index (χ4n) is 2.19. The Kier molecular flexibility index (Phi) is 3.52. The molecule has 1 aromatic heterocycles. The Bertz CT molecular complexity index is 339. The molecule has 2 rings (SSSR count). The van der Waals surface area contributed by atoms with Gasteiger partial charge in [0.2, 0.25) is 0 Å². The van der Waals surface area contributed by atoms with Gasteiger partial charge < -0.3 is 0 Å². The highest BCUT2D eigenvalue weighted by molar-refractivity contribution is 7.11. The summed E-state index contributed by atoms with van der Waals surface area (Å²) < 4.78 is 0. The molecule has 0 saturated heterocycles. The molecule has 1 saturated carbocycles. The van der Waals surface area contributed by atoms with Crippen LogP contribution in [0.5, 0.6) is 0 Å². The summed E-state index contributed by atoms with van der Waals surface area (Å²) in [4.78, 5) is 16.6. The molecule has 0 aromatic carbocycles. The summed E-state index contributed by atoms with van der Waals surface area (Å²) in [5.41, 5.74) is 0. The van der Waals surface area contributed by atoms with E-state index in [0.29, 0.717) is 12.3 Å². The number of carbonyl (C=O) groups is 1. The zero-order valence-electron chi connectivity index (χ0n) is 9.16. The second-order valence-corrected chi connectivity index (χ2v) is 5.53. The van der Waals surface area contributed by atoms with Crippen LogP contribution in [0.2, 0.25) is 0 Å². The molecule has 3 heteroatoms. The van der Waals surface area contributed by atoms with Crippen molar-refractivity contribution < 1.29 is 4.79 Å². The van der Waals surface area contributed by atoms with Crippen molar-refractivity contribution in [2.75, 3.05) is 0 Å². The topological polar surface area (TPSA) is 30.0 Å². The Labute approximate surface area is 94.7 Å². The van der Waals surface area contributed by atoms with Crippen LogP contribution in [0.15, 0.2) is 6.20 Å². The smallest absolute Gasteiger partial charge is 0.135 e. The number of hydrogen-bond acceptors (Lipinski definition) is 3. The van der Waals surface area contributed by atoms with Crippen LogP contribution in [0.4, 0.5) is 0 Å². The van der Waals surface area contributed by atoms with E-state index in [1.54, 1.807) is 18.3 Å². The Balaban J connectivity index is 2.02. The van der Waals surface area contributed by atoms with Crippen molar-refractivity contribution in [3.8, 4) is 0 Å². The lowest BCUT2D eigenvalue weighted by molar-refractivity contribution is -0.116. The number of rotatable bonds is 3. The number of Topliss-reactive ketones (excluding diaryl/α,β-unsaturated/α-hetero) is 1. The Hall–Kier alpha value is -0.700. The predicted octanol–water partition coefficient (Wildman–Crippen LogP) is 3.32. The molecule has 0 bridgehead atoms. The van der Waals surface area contributed by atoms with Gasteiger partial charge in [0.25, 0.3) is 0 Å². The minimum absolute atomic E-state index is 0.230. The third-order valence-corrected chi connectivity index (χ3v) is 4.11. The summed E-state index contributed by atoms with van der Waals surface area (Å²) in [7, 11) is 0. The highest BCUT2D eigenvalue weighted by Gasteiger charge is 2.18. The molecule has 0 amide bonds. The van der Waals surface area contributed by atoms with Gasteiger partial charge in [0, 0.05) is 23.4 Å². The molecule has 0 aliphatic heterocycles. The molecular formula is C12H17NOS. The van der Waals surface area contributed by atoms with E-state index < -0.39 is 0 Å². The summed E-state index contributed by atoms with van der Waals surface area (Å²) in [5, 5.41) is 1.26. The molecule has 2 nitrogen and oxygen atoms in total. The van der Waals surface area contributed by atoms with Crippen LogP contribution < -0.4 is 0 Å². The van der Waals surface area contributed by atoms with Crippen LogP contribution in [-0.4, -0.2) is 10.8 Å². The number of thiazole rings is 1. The van der Waals surface area contributed by atoms with Gasteiger partial charge >= 0.3 is 0 Å². The van der Waals surface area contributed by atoms with Gasteiger partial charge in [-0.05, 0) is 19.8 Å². The first-order valence-corrected chi connectivity index (χ1v) is 6.51. The second kappa shape index (κ2) is 4.88. The van der Waals surface area contributed by atoms with Gasteiger partial charge in [-0.15, -0.1) is 11.3 Å². The molecule has 0 atom stereocenters. The van der Waals surface area contributed by atoms with Crippen LogP contribution in [-0.2, 0) is 11.2 Å². The molecule has 1 heterocycles. The molecule has 1 aromatic rings. The molecule has 0 N–H and O–H groups in total. The third-order valence-electron chi connectivity index (χ3n) is 2.95. The van der Waals surface area contributed by atoms with Crippen molar-refractivity contribution in [2.24, 2.45) is 0 Å². The van der Waals surface area contributed by atoms with Crippen LogP contribution in [0.1, 0.15) is 54.8 Å². The summed E-state index contributed by atoms with van der Waals surface area (Å²) in [6.07, 6.45) is 9.07. The van der Waals surface area contributed by atoms with Crippen LogP contribution in [0.3, 0.4) is 0 Å². The number of nitrogens with zero attached hydrogens (tertiary/aromatic N) is 1. The van der Waals surface area contributed by atoms with Gasteiger partial charge in [0.15, 0.2) is 0 Å². The average Bonchev–Trinajstić information content (AvgIpc) is 2.67. The van der Waals surface area contributed by atoms with Crippen molar-refractivity contribution in [2.45, 2.75) is 51.4 Å². The lowest BCUT2D eigenvalue weighted by atomic mass is 9.90. The Morgan fingerprint density at radius 1 is 1.47 bits per heavy atom. The summed E-state index contributed by atoms with van der Waals surface area (Å²) in [6.45, 7) is 1.64. The van der Waals surface area contributed by atoms with Gasteiger partial charge in [-0.1, -0.05) is 19.3 Å². The Morgan fingerprint density at radius 2 is 2.20 bits per heavy atom. The van der Waals surface area contributed by atoms with Gasteiger partial charge in [-0.25, -0.2) is 4.98 Å². The fourth-order valence-corrected chi connectivity index (χ4v) is 3.35. The maximum absolute atomic E-state index is 11.0. The van der Waals surface area contributed by atoms with E-state index in [1.807, 2.05) is 6.20 Å². The van der Waals surface area contributed by atoms with E-state index >= 15 is 0 Å². The maximum Gasteiger partial charge on any atom is 0.135 e. The van der Waals surface area contributed by atoms with Crippen molar-refractivity contribution in [1.29, 1.82) is 0 Å². The van der Waals surface area contributed by atoms with Gasteiger partial charge in [0.1, 0.15) is 5.78 Å². The normalized spacial score (nSPS) is 17.9. The monoisotopic (exact) mass is 223 g/mol.